The van der Waals surface area contributed by atoms with E-state index >= 15 is 0 Å². The van der Waals surface area contributed by atoms with Gasteiger partial charge in [0.25, 0.3) is 5.91 Å². The molecule has 0 saturated heterocycles. The fourth-order valence-corrected chi connectivity index (χ4v) is 1.39. The van der Waals surface area contributed by atoms with Gasteiger partial charge in [-0.1, -0.05) is 11.6 Å². The lowest BCUT2D eigenvalue weighted by Gasteiger charge is -2.15. The Morgan fingerprint density at radius 2 is 2.06 bits per heavy atom. The van der Waals surface area contributed by atoms with Gasteiger partial charge in [0.15, 0.2) is 6.10 Å². The number of hydrogen-bond acceptors (Lipinski definition) is 3. The highest BCUT2D eigenvalue weighted by Gasteiger charge is 2.38. The smallest absolute Gasteiger partial charge is 0.399 e. The van der Waals surface area contributed by atoms with E-state index in [2.05, 4.69) is 0 Å². The predicted octanol–water partition coefficient (Wildman–Crippen LogP) is 1.58. The molecule has 100 valence electrons. The van der Waals surface area contributed by atoms with Crippen LogP contribution in [-0.4, -0.2) is 29.8 Å². The molecule has 1 unspecified atom stereocenters. The van der Waals surface area contributed by atoms with Crippen LogP contribution in [0.5, 0.6) is 0 Å². The number of aliphatic hydroxyl groups excluding tert-OH is 1. The molecule has 0 aliphatic heterocycles. The molecule has 0 saturated carbocycles. The maximum atomic E-state index is 12.0. The van der Waals surface area contributed by atoms with Gasteiger partial charge in [0.05, 0.1) is 6.54 Å². The minimum Gasteiger partial charge on any atom is -0.399 e. The van der Waals surface area contributed by atoms with Crippen molar-refractivity contribution in [1.29, 1.82) is 0 Å². The number of nitrogens with one attached hydrogen (secondary N) is 1. The van der Waals surface area contributed by atoms with E-state index in [-0.39, 0.29) is 16.3 Å². The fourth-order valence-electron chi connectivity index (χ4n) is 1.15. The van der Waals surface area contributed by atoms with Crippen molar-refractivity contribution in [3.63, 3.8) is 0 Å². The van der Waals surface area contributed by atoms with Crippen LogP contribution < -0.4 is 11.1 Å². The maximum absolute atomic E-state index is 12.0. The third-order valence-corrected chi connectivity index (χ3v) is 2.23. The van der Waals surface area contributed by atoms with Crippen molar-refractivity contribution in [3.8, 4) is 0 Å². The number of rotatable bonds is 3. The summed E-state index contributed by atoms with van der Waals surface area (Å²) in [4.78, 5) is 11.5. The second-order valence-electron chi connectivity index (χ2n) is 3.54. The van der Waals surface area contributed by atoms with Gasteiger partial charge in [-0.15, -0.1) is 0 Å². The van der Waals surface area contributed by atoms with E-state index in [0.29, 0.717) is 0 Å². The zero-order valence-electron chi connectivity index (χ0n) is 8.96. The van der Waals surface area contributed by atoms with Gasteiger partial charge in [-0.2, -0.15) is 13.2 Å². The number of amides is 1. The molecule has 0 aliphatic carbocycles. The van der Waals surface area contributed by atoms with Crippen molar-refractivity contribution in [2.45, 2.75) is 12.3 Å². The molecule has 4 N–H and O–H groups in total. The Morgan fingerprint density at radius 1 is 1.44 bits per heavy atom. The molecule has 1 atom stereocenters. The molecular weight excluding hydrogens is 273 g/mol. The summed E-state index contributed by atoms with van der Waals surface area (Å²) in [5.41, 5.74) is 5.66. The summed E-state index contributed by atoms with van der Waals surface area (Å²) in [5.74, 6) is -0.799. The maximum Gasteiger partial charge on any atom is 0.416 e. The molecule has 0 fully saturated rings. The number of aliphatic hydroxyl groups is 1. The summed E-state index contributed by atoms with van der Waals surface area (Å²) < 4.78 is 36.0. The Labute approximate surface area is 106 Å². The molecule has 18 heavy (non-hydrogen) atoms. The number of nitrogen functional groups attached to an aromatic ring is 1. The van der Waals surface area contributed by atoms with Crippen molar-refractivity contribution in [3.05, 3.63) is 28.8 Å². The van der Waals surface area contributed by atoms with Crippen molar-refractivity contribution in [2.24, 2.45) is 0 Å². The summed E-state index contributed by atoms with van der Waals surface area (Å²) in [6.45, 7) is -0.936. The zero-order valence-corrected chi connectivity index (χ0v) is 9.72. The summed E-state index contributed by atoms with van der Waals surface area (Å²) in [6, 6.07) is 3.91. The van der Waals surface area contributed by atoms with E-state index in [1.165, 1.54) is 18.2 Å². The second kappa shape index (κ2) is 5.45. The number of carbonyl (C=O) groups excluding carboxylic acids is 1. The highest BCUT2D eigenvalue weighted by atomic mass is 35.5. The average Bonchev–Trinajstić information content (AvgIpc) is 2.22. The molecular formula is C10H10ClF3N2O2. The van der Waals surface area contributed by atoms with Gasteiger partial charge in [0, 0.05) is 16.3 Å². The summed E-state index contributed by atoms with van der Waals surface area (Å²) >= 11 is 5.64. The number of hydrogen-bond donors (Lipinski definition) is 3. The Morgan fingerprint density at radius 3 is 2.56 bits per heavy atom. The first-order valence-electron chi connectivity index (χ1n) is 4.79. The minimum atomic E-state index is -4.78. The van der Waals surface area contributed by atoms with Crippen molar-refractivity contribution >= 4 is 23.2 Å². The largest absolute Gasteiger partial charge is 0.416 e. The third-order valence-electron chi connectivity index (χ3n) is 2.02. The molecule has 4 nitrogen and oxygen atoms in total. The van der Waals surface area contributed by atoms with Crippen LogP contribution in [0.15, 0.2) is 18.2 Å². The average molecular weight is 283 g/mol. The van der Waals surface area contributed by atoms with E-state index in [1.54, 1.807) is 0 Å². The third kappa shape index (κ3) is 4.08. The number of halogens is 4. The first-order valence-corrected chi connectivity index (χ1v) is 5.17. The van der Waals surface area contributed by atoms with Crippen molar-refractivity contribution < 1.29 is 23.1 Å². The lowest BCUT2D eigenvalue weighted by Crippen LogP contribution is -2.40. The van der Waals surface area contributed by atoms with Crippen LogP contribution in [0, 0.1) is 0 Å². The van der Waals surface area contributed by atoms with Gasteiger partial charge in [-0.25, -0.2) is 0 Å². The lowest BCUT2D eigenvalue weighted by molar-refractivity contribution is -0.201. The fraction of sp³-hybridized carbons (Fsp3) is 0.300. The van der Waals surface area contributed by atoms with E-state index < -0.39 is 24.7 Å². The minimum absolute atomic E-state index is 0.0226. The van der Waals surface area contributed by atoms with Crippen LogP contribution in [0.2, 0.25) is 5.02 Å². The SMILES string of the molecule is Nc1cc(Cl)cc(C(=O)NCC(O)C(F)(F)F)c1. The first-order chi connectivity index (χ1) is 8.20. The molecule has 0 spiro atoms. The van der Waals surface area contributed by atoms with Crippen LogP contribution in [0.3, 0.4) is 0 Å². The van der Waals surface area contributed by atoms with E-state index in [1.807, 2.05) is 5.32 Å². The first kappa shape index (κ1) is 14.6. The van der Waals surface area contributed by atoms with Crippen LogP contribution in [0.1, 0.15) is 10.4 Å². The van der Waals surface area contributed by atoms with E-state index in [4.69, 9.17) is 22.4 Å². The number of anilines is 1. The Hall–Kier alpha value is -1.47. The summed E-state index contributed by atoms with van der Waals surface area (Å²) in [7, 11) is 0. The number of carbonyl (C=O) groups is 1. The van der Waals surface area contributed by atoms with Gasteiger partial charge >= 0.3 is 6.18 Å². The van der Waals surface area contributed by atoms with Gasteiger partial charge in [-0.3, -0.25) is 4.79 Å². The lowest BCUT2D eigenvalue weighted by atomic mass is 10.2. The van der Waals surface area contributed by atoms with Crippen LogP contribution in [-0.2, 0) is 0 Å². The van der Waals surface area contributed by atoms with Crippen LogP contribution >= 0.6 is 11.6 Å². The molecule has 0 radical (unpaired) electrons. The van der Waals surface area contributed by atoms with Gasteiger partial charge in [-0.05, 0) is 18.2 Å². The Kier molecular flexibility index (Phi) is 4.42. The zero-order chi connectivity index (χ0) is 13.9. The van der Waals surface area contributed by atoms with E-state index in [0.717, 1.165) is 0 Å². The molecule has 0 aliphatic rings. The number of benzene rings is 1. The highest BCUT2D eigenvalue weighted by Crippen LogP contribution is 2.20. The topological polar surface area (TPSA) is 75.4 Å². The molecule has 1 aromatic rings. The Balaban J connectivity index is 2.66. The van der Waals surface area contributed by atoms with Crippen molar-refractivity contribution in [1.82, 2.24) is 5.32 Å². The second-order valence-corrected chi connectivity index (χ2v) is 3.98. The summed E-state index contributed by atoms with van der Waals surface area (Å²) in [6.07, 6.45) is -7.39. The van der Waals surface area contributed by atoms with Gasteiger partial charge in [0.2, 0.25) is 0 Å². The molecule has 1 rings (SSSR count). The number of alkyl halides is 3. The molecule has 0 aromatic heterocycles. The van der Waals surface area contributed by atoms with Crippen LogP contribution in [0.25, 0.3) is 0 Å². The van der Waals surface area contributed by atoms with Gasteiger partial charge in [0.1, 0.15) is 0 Å². The van der Waals surface area contributed by atoms with E-state index in [9.17, 15) is 18.0 Å². The molecule has 0 bridgehead atoms. The quantitative estimate of drug-likeness (QED) is 0.737. The number of nitrogens with two attached hydrogens (primary N) is 1. The molecule has 1 amide bonds. The molecule has 8 heteroatoms. The summed E-state index contributed by atoms with van der Waals surface area (Å²) in [5, 5.41) is 10.8. The van der Waals surface area contributed by atoms with Crippen molar-refractivity contribution in [2.75, 3.05) is 12.3 Å². The predicted molar refractivity (Wildman–Crippen MR) is 60.3 cm³/mol. The highest BCUT2D eigenvalue weighted by molar-refractivity contribution is 6.31. The molecule has 0 heterocycles. The normalized spacial score (nSPS) is 13.2. The monoisotopic (exact) mass is 282 g/mol. The standard InChI is InChI=1S/C10H10ClF3N2O2/c11-6-1-5(2-7(15)3-6)9(18)16-4-8(17)10(12,13)14/h1-3,8,17H,4,15H2,(H,16,18). The van der Waals surface area contributed by atoms with Crippen LogP contribution in [0.4, 0.5) is 18.9 Å². The molecule has 1 aromatic carbocycles. The Bertz CT molecular complexity index is 431. The van der Waals surface area contributed by atoms with Gasteiger partial charge < -0.3 is 16.2 Å².